The van der Waals surface area contributed by atoms with Gasteiger partial charge in [-0.15, -0.1) is 0 Å². The standard InChI is InChI=1S/C17H21ClFN3O/c1-10(2)6-16-14(11(3)21-22-16)8-17(23)20-9-12-4-5-13(19)7-15(12)18/h4-5,7,10H,6,8-9H2,1-3H3,(H,20,23)(H,21,22). The van der Waals surface area contributed by atoms with Gasteiger partial charge >= 0.3 is 0 Å². The lowest BCUT2D eigenvalue weighted by atomic mass is 10.0. The summed E-state index contributed by atoms with van der Waals surface area (Å²) in [7, 11) is 0. The van der Waals surface area contributed by atoms with E-state index in [9.17, 15) is 9.18 Å². The van der Waals surface area contributed by atoms with Gasteiger partial charge in [-0.1, -0.05) is 31.5 Å². The SMILES string of the molecule is Cc1n[nH]c(CC(C)C)c1CC(=O)NCc1ccc(F)cc1Cl. The number of nitrogens with zero attached hydrogens (tertiary/aromatic N) is 1. The Kier molecular flexibility index (Phi) is 5.77. The predicted molar refractivity (Wildman–Crippen MR) is 88.8 cm³/mol. The molecule has 2 aromatic rings. The zero-order valence-electron chi connectivity index (χ0n) is 13.5. The Bertz CT molecular complexity index is 697. The number of benzene rings is 1. The van der Waals surface area contributed by atoms with Gasteiger partial charge in [-0.05, 0) is 37.0 Å². The van der Waals surface area contributed by atoms with Crippen LogP contribution in [0.1, 0.15) is 36.4 Å². The van der Waals surface area contributed by atoms with Crippen LogP contribution in [-0.2, 0) is 24.2 Å². The summed E-state index contributed by atoms with van der Waals surface area (Å²) >= 11 is 5.96. The normalized spacial score (nSPS) is 11.0. The van der Waals surface area contributed by atoms with E-state index in [0.29, 0.717) is 16.5 Å². The number of halogens is 2. The zero-order chi connectivity index (χ0) is 17.0. The molecule has 0 atom stereocenters. The maximum absolute atomic E-state index is 13.0. The van der Waals surface area contributed by atoms with E-state index in [0.717, 1.165) is 23.4 Å². The monoisotopic (exact) mass is 337 g/mol. The molecule has 0 aliphatic rings. The van der Waals surface area contributed by atoms with Crippen LogP contribution in [0.15, 0.2) is 18.2 Å². The average molecular weight is 338 g/mol. The summed E-state index contributed by atoms with van der Waals surface area (Å²) in [6.07, 6.45) is 1.12. The molecule has 0 unspecified atom stereocenters. The number of aryl methyl sites for hydroxylation is 1. The van der Waals surface area contributed by atoms with Crippen LogP contribution in [0.5, 0.6) is 0 Å². The van der Waals surface area contributed by atoms with E-state index in [1.54, 1.807) is 6.07 Å². The van der Waals surface area contributed by atoms with Gasteiger partial charge in [0.05, 0.1) is 12.1 Å². The topological polar surface area (TPSA) is 57.8 Å². The van der Waals surface area contributed by atoms with Gasteiger partial charge in [-0.25, -0.2) is 4.39 Å². The fourth-order valence-corrected chi connectivity index (χ4v) is 2.63. The molecule has 0 spiro atoms. The molecule has 0 saturated carbocycles. The molecule has 124 valence electrons. The van der Waals surface area contributed by atoms with Crippen molar-refractivity contribution < 1.29 is 9.18 Å². The lowest BCUT2D eigenvalue weighted by Gasteiger charge is -2.09. The molecular formula is C17H21ClFN3O. The van der Waals surface area contributed by atoms with Crippen LogP contribution >= 0.6 is 11.6 Å². The number of carbonyl (C=O) groups excluding carboxylic acids is 1. The first-order chi connectivity index (χ1) is 10.9. The lowest BCUT2D eigenvalue weighted by molar-refractivity contribution is -0.120. The van der Waals surface area contributed by atoms with Crippen LogP contribution < -0.4 is 5.32 Å². The van der Waals surface area contributed by atoms with Crippen molar-refractivity contribution >= 4 is 17.5 Å². The van der Waals surface area contributed by atoms with Gasteiger partial charge < -0.3 is 5.32 Å². The number of hydrogen-bond donors (Lipinski definition) is 2. The van der Waals surface area contributed by atoms with E-state index in [1.165, 1.54) is 12.1 Å². The van der Waals surface area contributed by atoms with Crippen LogP contribution in [0.2, 0.25) is 5.02 Å². The Hall–Kier alpha value is -1.88. The van der Waals surface area contributed by atoms with E-state index in [2.05, 4.69) is 29.4 Å². The smallest absolute Gasteiger partial charge is 0.224 e. The molecule has 1 aromatic carbocycles. The molecule has 4 nitrogen and oxygen atoms in total. The summed E-state index contributed by atoms with van der Waals surface area (Å²) in [6, 6.07) is 4.14. The van der Waals surface area contributed by atoms with Crippen LogP contribution in [0.4, 0.5) is 4.39 Å². The summed E-state index contributed by atoms with van der Waals surface area (Å²) in [4.78, 5) is 12.2. The maximum atomic E-state index is 13.0. The highest BCUT2D eigenvalue weighted by Gasteiger charge is 2.15. The Balaban J connectivity index is 1.98. The van der Waals surface area contributed by atoms with Gasteiger partial charge in [0, 0.05) is 22.8 Å². The molecule has 0 saturated heterocycles. The van der Waals surface area contributed by atoms with Crippen molar-refractivity contribution in [3.63, 3.8) is 0 Å². The molecule has 0 aliphatic heterocycles. The molecule has 0 fully saturated rings. The Morgan fingerprint density at radius 2 is 2.17 bits per heavy atom. The first kappa shape index (κ1) is 17.5. The van der Waals surface area contributed by atoms with Crippen molar-refractivity contribution in [1.82, 2.24) is 15.5 Å². The van der Waals surface area contributed by atoms with Crippen molar-refractivity contribution in [2.75, 3.05) is 0 Å². The molecular weight excluding hydrogens is 317 g/mol. The Morgan fingerprint density at radius 3 is 2.83 bits per heavy atom. The molecule has 6 heteroatoms. The van der Waals surface area contributed by atoms with E-state index in [1.807, 2.05) is 6.92 Å². The summed E-state index contributed by atoms with van der Waals surface area (Å²) in [5, 5.41) is 10.3. The molecule has 2 rings (SSSR count). The zero-order valence-corrected chi connectivity index (χ0v) is 14.3. The summed E-state index contributed by atoms with van der Waals surface area (Å²) < 4.78 is 13.0. The second-order valence-electron chi connectivity index (χ2n) is 6.05. The molecule has 0 radical (unpaired) electrons. The number of aromatic nitrogens is 2. The van der Waals surface area contributed by atoms with Crippen molar-refractivity contribution in [3.05, 3.63) is 51.6 Å². The number of nitrogens with one attached hydrogen (secondary N) is 2. The van der Waals surface area contributed by atoms with Crippen molar-refractivity contribution in [3.8, 4) is 0 Å². The van der Waals surface area contributed by atoms with Crippen LogP contribution in [0.3, 0.4) is 0 Å². The van der Waals surface area contributed by atoms with Crippen LogP contribution in [0.25, 0.3) is 0 Å². The summed E-state index contributed by atoms with van der Waals surface area (Å²) in [5.41, 5.74) is 3.48. The van der Waals surface area contributed by atoms with E-state index in [-0.39, 0.29) is 18.9 Å². The number of aromatic amines is 1. The van der Waals surface area contributed by atoms with Gasteiger partial charge in [0.2, 0.25) is 5.91 Å². The molecule has 1 amide bonds. The summed E-state index contributed by atoms with van der Waals surface area (Å²) in [6.45, 7) is 6.40. The molecule has 0 bridgehead atoms. The Labute approximate surface area is 140 Å². The average Bonchev–Trinajstić information content (AvgIpc) is 2.78. The van der Waals surface area contributed by atoms with Gasteiger partial charge in [-0.3, -0.25) is 9.89 Å². The highest BCUT2D eigenvalue weighted by atomic mass is 35.5. The third-order valence-electron chi connectivity index (χ3n) is 3.60. The van der Waals surface area contributed by atoms with Crippen molar-refractivity contribution in [2.45, 2.75) is 40.2 Å². The molecule has 1 heterocycles. The van der Waals surface area contributed by atoms with Gasteiger partial charge in [-0.2, -0.15) is 5.10 Å². The fraction of sp³-hybridized carbons (Fsp3) is 0.412. The molecule has 0 aliphatic carbocycles. The summed E-state index contributed by atoms with van der Waals surface area (Å²) in [5.74, 6) is -0.0213. The molecule has 23 heavy (non-hydrogen) atoms. The maximum Gasteiger partial charge on any atom is 0.224 e. The quantitative estimate of drug-likeness (QED) is 0.846. The third kappa shape index (κ3) is 4.79. The minimum Gasteiger partial charge on any atom is -0.352 e. The van der Waals surface area contributed by atoms with Crippen molar-refractivity contribution in [1.29, 1.82) is 0 Å². The number of H-pyrrole nitrogens is 1. The minimum absolute atomic E-state index is 0.111. The number of hydrogen-bond acceptors (Lipinski definition) is 2. The number of carbonyl (C=O) groups is 1. The fourth-order valence-electron chi connectivity index (χ4n) is 2.40. The van der Waals surface area contributed by atoms with E-state index >= 15 is 0 Å². The van der Waals surface area contributed by atoms with Crippen molar-refractivity contribution in [2.24, 2.45) is 5.92 Å². The first-order valence-corrected chi connectivity index (χ1v) is 7.98. The highest BCUT2D eigenvalue weighted by molar-refractivity contribution is 6.31. The highest BCUT2D eigenvalue weighted by Crippen LogP contribution is 2.18. The molecule has 1 aromatic heterocycles. The van der Waals surface area contributed by atoms with E-state index < -0.39 is 5.82 Å². The van der Waals surface area contributed by atoms with Crippen LogP contribution in [0, 0.1) is 18.7 Å². The number of rotatable bonds is 6. The van der Waals surface area contributed by atoms with Crippen LogP contribution in [-0.4, -0.2) is 16.1 Å². The first-order valence-electron chi connectivity index (χ1n) is 7.60. The Morgan fingerprint density at radius 1 is 1.43 bits per heavy atom. The molecule has 2 N–H and O–H groups in total. The third-order valence-corrected chi connectivity index (χ3v) is 3.95. The second-order valence-corrected chi connectivity index (χ2v) is 6.46. The number of amides is 1. The second kappa shape index (κ2) is 7.59. The van der Waals surface area contributed by atoms with Gasteiger partial charge in [0.1, 0.15) is 5.82 Å². The lowest BCUT2D eigenvalue weighted by Crippen LogP contribution is -2.25. The van der Waals surface area contributed by atoms with Gasteiger partial charge in [0.15, 0.2) is 0 Å². The van der Waals surface area contributed by atoms with Gasteiger partial charge in [0.25, 0.3) is 0 Å². The predicted octanol–water partition coefficient (Wildman–Crippen LogP) is 3.57. The van der Waals surface area contributed by atoms with E-state index in [4.69, 9.17) is 11.6 Å². The largest absolute Gasteiger partial charge is 0.352 e. The minimum atomic E-state index is -0.391.